The zero-order valence-corrected chi connectivity index (χ0v) is 12.1. The van der Waals surface area contributed by atoms with Crippen molar-refractivity contribution in [3.8, 4) is 0 Å². The molecule has 17 heavy (non-hydrogen) atoms. The van der Waals surface area contributed by atoms with E-state index in [2.05, 4.69) is 10.0 Å². The lowest BCUT2D eigenvalue weighted by molar-refractivity contribution is 0.372. The molecule has 1 aliphatic carbocycles. The van der Waals surface area contributed by atoms with Gasteiger partial charge in [-0.1, -0.05) is 0 Å². The summed E-state index contributed by atoms with van der Waals surface area (Å²) in [6.45, 7) is 5.29. The van der Waals surface area contributed by atoms with E-state index in [1.807, 2.05) is 20.9 Å². The fraction of sp³-hybridized carbons (Fsp3) is 1.00. The molecule has 0 radical (unpaired) electrons. The molecule has 0 aliphatic heterocycles. The smallest absolute Gasteiger partial charge is 0.279 e. The summed E-state index contributed by atoms with van der Waals surface area (Å²) in [4.78, 5) is 0. The van der Waals surface area contributed by atoms with E-state index < -0.39 is 10.2 Å². The van der Waals surface area contributed by atoms with E-state index in [0.29, 0.717) is 12.5 Å². The van der Waals surface area contributed by atoms with Crippen LogP contribution in [0.2, 0.25) is 0 Å². The molecule has 0 aromatic rings. The molecule has 1 rings (SSSR count). The quantitative estimate of drug-likeness (QED) is 0.629. The molecule has 0 unspecified atom stereocenters. The lowest BCUT2D eigenvalue weighted by Crippen LogP contribution is -2.50. The van der Waals surface area contributed by atoms with Crippen molar-refractivity contribution in [2.24, 2.45) is 5.92 Å². The maximum absolute atomic E-state index is 12.1. The van der Waals surface area contributed by atoms with Crippen molar-refractivity contribution in [3.63, 3.8) is 0 Å². The zero-order valence-electron chi connectivity index (χ0n) is 11.3. The number of hydrogen-bond donors (Lipinski definition) is 2. The molecule has 1 fully saturated rings. The van der Waals surface area contributed by atoms with Crippen molar-refractivity contribution in [3.05, 3.63) is 0 Å². The van der Waals surface area contributed by atoms with Crippen molar-refractivity contribution in [2.75, 3.05) is 27.2 Å². The number of rotatable bonds is 8. The Morgan fingerprint density at radius 2 is 1.94 bits per heavy atom. The molecule has 0 amide bonds. The lowest BCUT2D eigenvalue weighted by atomic mass is 10.0. The van der Waals surface area contributed by atoms with Gasteiger partial charge in [0.15, 0.2) is 0 Å². The molecule has 0 spiro atoms. The Bertz CT molecular complexity index is 337. The van der Waals surface area contributed by atoms with Crippen molar-refractivity contribution in [2.45, 2.75) is 38.6 Å². The van der Waals surface area contributed by atoms with Gasteiger partial charge in [-0.25, -0.2) is 0 Å². The third-order valence-electron chi connectivity index (χ3n) is 3.30. The first kappa shape index (κ1) is 14.9. The van der Waals surface area contributed by atoms with Crippen LogP contribution in [0.3, 0.4) is 0 Å². The molecule has 0 aromatic carbocycles. The van der Waals surface area contributed by atoms with Crippen molar-refractivity contribution < 1.29 is 8.42 Å². The van der Waals surface area contributed by atoms with E-state index in [0.717, 1.165) is 25.8 Å². The summed E-state index contributed by atoms with van der Waals surface area (Å²) in [5.41, 5.74) is -0.323. The molecule has 1 aliphatic rings. The van der Waals surface area contributed by atoms with Crippen LogP contribution < -0.4 is 10.0 Å². The predicted molar refractivity (Wildman–Crippen MR) is 70.0 cm³/mol. The molecule has 2 N–H and O–H groups in total. The minimum absolute atomic E-state index is 0.323. The highest BCUT2D eigenvalue weighted by molar-refractivity contribution is 7.87. The van der Waals surface area contributed by atoms with E-state index >= 15 is 0 Å². The van der Waals surface area contributed by atoms with E-state index in [-0.39, 0.29) is 5.54 Å². The van der Waals surface area contributed by atoms with Crippen molar-refractivity contribution >= 4 is 10.2 Å². The van der Waals surface area contributed by atoms with Gasteiger partial charge in [0.1, 0.15) is 0 Å². The third kappa shape index (κ3) is 4.54. The van der Waals surface area contributed by atoms with Gasteiger partial charge in [0.05, 0.1) is 0 Å². The Kier molecular flexibility index (Phi) is 4.95. The summed E-state index contributed by atoms with van der Waals surface area (Å²) in [6, 6.07) is 0. The van der Waals surface area contributed by atoms with Gasteiger partial charge in [-0.3, -0.25) is 0 Å². The fourth-order valence-electron chi connectivity index (χ4n) is 1.90. The molecule has 0 saturated heterocycles. The van der Waals surface area contributed by atoms with Gasteiger partial charge in [-0.15, -0.1) is 0 Å². The van der Waals surface area contributed by atoms with E-state index in [1.165, 1.54) is 4.31 Å². The van der Waals surface area contributed by atoms with Gasteiger partial charge in [-0.2, -0.15) is 17.4 Å². The van der Waals surface area contributed by atoms with Gasteiger partial charge in [0, 0.05) is 19.1 Å². The van der Waals surface area contributed by atoms with E-state index in [1.54, 1.807) is 7.05 Å². The molecule has 0 aromatic heterocycles. The first-order valence-corrected chi connectivity index (χ1v) is 7.63. The van der Waals surface area contributed by atoms with Crippen LogP contribution in [0, 0.1) is 5.92 Å². The highest BCUT2D eigenvalue weighted by atomic mass is 32.2. The third-order valence-corrected chi connectivity index (χ3v) is 5.09. The molecule has 0 atom stereocenters. The van der Waals surface area contributed by atoms with E-state index in [9.17, 15) is 8.42 Å². The number of nitrogens with zero attached hydrogens (tertiary/aromatic N) is 1. The molecular weight excluding hydrogens is 238 g/mol. The Hall–Kier alpha value is -0.170. The second-order valence-electron chi connectivity index (χ2n) is 5.38. The molecule has 0 heterocycles. The maximum Gasteiger partial charge on any atom is 0.279 e. The summed E-state index contributed by atoms with van der Waals surface area (Å²) in [5, 5.41) is 3.01. The minimum atomic E-state index is -3.35. The Labute approximate surface area is 105 Å². The van der Waals surface area contributed by atoms with Crippen LogP contribution in [0.1, 0.15) is 33.1 Å². The maximum atomic E-state index is 12.1. The number of hydrogen-bond acceptors (Lipinski definition) is 3. The molecule has 6 heteroatoms. The summed E-state index contributed by atoms with van der Waals surface area (Å²) >= 11 is 0. The largest absolute Gasteiger partial charge is 0.320 e. The SMILES string of the molecule is CNCCCN(C)S(=O)(=O)NC(C)(C)C1CC1. The summed E-state index contributed by atoms with van der Waals surface area (Å²) < 4.78 is 28.3. The summed E-state index contributed by atoms with van der Waals surface area (Å²) in [7, 11) is 0.142. The van der Waals surface area contributed by atoms with Crippen LogP contribution in [-0.4, -0.2) is 45.4 Å². The van der Waals surface area contributed by atoms with Crippen LogP contribution >= 0.6 is 0 Å². The van der Waals surface area contributed by atoms with Gasteiger partial charge in [0.25, 0.3) is 10.2 Å². The van der Waals surface area contributed by atoms with Gasteiger partial charge in [-0.05, 0) is 52.6 Å². The van der Waals surface area contributed by atoms with Crippen molar-refractivity contribution in [1.82, 2.24) is 14.3 Å². The summed E-state index contributed by atoms with van der Waals surface area (Å²) in [5.74, 6) is 0.489. The molecule has 5 nitrogen and oxygen atoms in total. The Balaban J connectivity index is 2.49. The number of nitrogens with one attached hydrogen (secondary N) is 2. The Morgan fingerprint density at radius 3 is 2.41 bits per heavy atom. The highest BCUT2D eigenvalue weighted by Crippen LogP contribution is 2.39. The average Bonchev–Trinajstić information content (AvgIpc) is 2.99. The normalized spacial score (nSPS) is 17.7. The van der Waals surface area contributed by atoms with Crippen molar-refractivity contribution in [1.29, 1.82) is 0 Å². The molecule has 1 saturated carbocycles. The zero-order chi connectivity index (χ0) is 13.1. The molecular formula is C11H25N3O2S. The minimum Gasteiger partial charge on any atom is -0.320 e. The predicted octanol–water partition coefficient (Wildman–Crippen LogP) is 0.551. The average molecular weight is 263 g/mol. The van der Waals surface area contributed by atoms with Crippen LogP contribution in [0.25, 0.3) is 0 Å². The fourth-order valence-corrected chi connectivity index (χ4v) is 3.25. The van der Waals surface area contributed by atoms with Gasteiger partial charge in [0.2, 0.25) is 0 Å². The standard InChI is InChI=1S/C11H25N3O2S/c1-11(2,10-6-7-10)13-17(15,16)14(4)9-5-8-12-3/h10,12-13H,5-9H2,1-4H3. The van der Waals surface area contributed by atoms with Crippen LogP contribution in [0.5, 0.6) is 0 Å². The van der Waals surface area contributed by atoms with Crippen LogP contribution in [0.15, 0.2) is 0 Å². The molecule has 0 bridgehead atoms. The highest BCUT2D eigenvalue weighted by Gasteiger charge is 2.41. The van der Waals surface area contributed by atoms with Gasteiger partial charge >= 0.3 is 0 Å². The van der Waals surface area contributed by atoms with Crippen LogP contribution in [0.4, 0.5) is 0 Å². The van der Waals surface area contributed by atoms with Crippen LogP contribution in [-0.2, 0) is 10.2 Å². The monoisotopic (exact) mass is 263 g/mol. The summed E-state index contributed by atoms with van der Waals surface area (Å²) in [6.07, 6.45) is 3.07. The second-order valence-corrected chi connectivity index (χ2v) is 7.16. The first-order valence-electron chi connectivity index (χ1n) is 6.19. The lowest BCUT2D eigenvalue weighted by Gasteiger charge is -2.29. The molecule has 102 valence electrons. The first-order chi connectivity index (χ1) is 7.79. The second kappa shape index (κ2) is 5.65. The topological polar surface area (TPSA) is 61.4 Å². The van der Waals surface area contributed by atoms with Gasteiger partial charge < -0.3 is 5.32 Å². The Morgan fingerprint density at radius 1 is 1.35 bits per heavy atom. The van der Waals surface area contributed by atoms with E-state index in [4.69, 9.17) is 0 Å².